The summed E-state index contributed by atoms with van der Waals surface area (Å²) in [4.78, 5) is 25.8. The molecule has 0 saturated heterocycles. The van der Waals surface area contributed by atoms with Crippen LogP contribution in [0.4, 0.5) is 0 Å². The number of rotatable bonds is 4. The molecule has 0 amide bonds. The van der Waals surface area contributed by atoms with Gasteiger partial charge in [-0.2, -0.15) is 0 Å². The minimum absolute atomic E-state index is 0.0506. The fourth-order valence-electron chi connectivity index (χ4n) is 2.05. The topological polar surface area (TPSA) is 106 Å². The average Bonchev–Trinajstić information content (AvgIpc) is 2.80. The Morgan fingerprint density at radius 1 is 1.40 bits per heavy atom. The van der Waals surface area contributed by atoms with E-state index in [0.717, 1.165) is 4.57 Å². The van der Waals surface area contributed by atoms with Crippen LogP contribution in [0.3, 0.4) is 0 Å². The van der Waals surface area contributed by atoms with E-state index in [1.165, 1.54) is 0 Å². The molecule has 2 N–H and O–H groups in total. The van der Waals surface area contributed by atoms with Crippen LogP contribution in [0, 0.1) is 0 Å². The first kappa shape index (κ1) is 14.0. The highest BCUT2D eigenvalue weighted by Gasteiger charge is 2.18. The summed E-state index contributed by atoms with van der Waals surface area (Å²) in [6, 6.07) is 0. The fraction of sp³-hybridized carbons (Fsp3) is 0.500. The van der Waals surface area contributed by atoms with Gasteiger partial charge in [0.15, 0.2) is 5.82 Å². The van der Waals surface area contributed by atoms with Crippen molar-refractivity contribution >= 4 is 0 Å². The molecule has 0 atom stereocenters. The Hall–Kier alpha value is -2.38. The van der Waals surface area contributed by atoms with Gasteiger partial charge in [0.05, 0.1) is 12.1 Å². The molecular formula is C12H17N5O3. The van der Waals surface area contributed by atoms with Gasteiger partial charge in [-0.25, -0.2) is 4.79 Å². The number of nitrogens with one attached hydrogen (secondary N) is 1. The maximum absolute atomic E-state index is 11.9. The zero-order chi connectivity index (χ0) is 14.9. The summed E-state index contributed by atoms with van der Waals surface area (Å²) >= 11 is 0. The second kappa shape index (κ2) is 5.32. The lowest BCUT2D eigenvalue weighted by Gasteiger charge is -2.13. The normalized spacial score (nSPS) is 11.2. The molecule has 0 aliphatic heterocycles. The van der Waals surface area contributed by atoms with Gasteiger partial charge in [0.25, 0.3) is 5.56 Å². The Morgan fingerprint density at radius 2 is 2.10 bits per heavy atom. The quantitative estimate of drug-likeness (QED) is 0.821. The standard InChI is InChI=1S/C12H17N5O3/c1-4-16-6-13-15-8(16)5-17-11(19)9(7(2)3)10(18)14-12(17)20/h6-7,19H,4-5H2,1-3H3,(H,14,18,20). The zero-order valence-corrected chi connectivity index (χ0v) is 11.6. The van der Waals surface area contributed by atoms with E-state index in [1.807, 2.05) is 6.92 Å². The Labute approximate surface area is 114 Å². The summed E-state index contributed by atoms with van der Waals surface area (Å²) in [6.45, 7) is 6.16. The Morgan fingerprint density at radius 3 is 2.70 bits per heavy atom. The van der Waals surface area contributed by atoms with E-state index in [0.29, 0.717) is 12.4 Å². The van der Waals surface area contributed by atoms with Gasteiger partial charge in [0.1, 0.15) is 6.33 Å². The van der Waals surface area contributed by atoms with Crippen molar-refractivity contribution < 1.29 is 5.11 Å². The molecule has 0 aliphatic carbocycles. The van der Waals surface area contributed by atoms with Gasteiger partial charge >= 0.3 is 5.69 Å². The molecule has 2 aromatic heterocycles. The minimum Gasteiger partial charge on any atom is -0.494 e. The first-order valence-electron chi connectivity index (χ1n) is 6.38. The maximum atomic E-state index is 11.9. The van der Waals surface area contributed by atoms with Gasteiger partial charge in [-0.15, -0.1) is 10.2 Å². The van der Waals surface area contributed by atoms with Crippen LogP contribution in [0.2, 0.25) is 0 Å². The van der Waals surface area contributed by atoms with Gasteiger partial charge in [0, 0.05) is 6.54 Å². The van der Waals surface area contributed by atoms with Crippen LogP contribution in [0.25, 0.3) is 0 Å². The van der Waals surface area contributed by atoms with E-state index < -0.39 is 11.2 Å². The van der Waals surface area contributed by atoms with E-state index in [9.17, 15) is 14.7 Å². The monoisotopic (exact) mass is 279 g/mol. The minimum atomic E-state index is -0.664. The number of aromatic nitrogens is 5. The van der Waals surface area contributed by atoms with E-state index in [4.69, 9.17) is 0 Å². The van der Waals surface area contributed by atoms with Crippen LogP contribution in [-0.2, 0) is 13.1 Å². The van der Waals surface area contributed by atoms with Crippen LogP contribution in [0.5, 0.6) is 5.88 Å². The smallest absolute Gasteiger partial charge is 0.331 e. The summed E-state index contributed by atoms with van der Waals surface area (Å²) < 4.78 is 2.85. The summed E-state index contributed by atoms with van der Waals surface area (Å²) in [5.74, 6) is 0.0145. The van der Waals surface area contributed by atoms with E-state index in [1.54, 1.807) is 24.7 Å². The van der Waals surface area contributed by atoms with Crippen molar-refractivity contribution in [2.75, 3.05) is 0 Å². The molecule has 0 unspecified atom stereocenters. The first-order chi connectivity index (χ1) is 9.45. The van der Waals surface area contributed by atoms with E-state index >= 15 is 0 Å². The van der Waals surface area contributed by atoms with Crippen molar-refractivity contribution in [3.63, 3.8) is 0 Å². The van der Waals surface area contributed by atoms with Crippen molar-refractivity contribution in [3.8, 4) is 5.88 Å². The third kappa shape index (κ3) is 2.36. The molecule has 0 aliphatic rings. The number of hydrogen-bond donors (Lipinski definition) is 2. The predicted octanol–water partition coefficient (Wildman–Crippen LogP) is 0.0253. The van der Waals surface area contributed by atoms with Crippen LogP contribution in [0.1, 0.15) is 38.1 Å². The molecule has 8 nitrogen and oxygen atoms in total. The predicted molar refractivity (Wildman–Crippen MR) is 71.9 cm³/mol. The Bertz CT molecular complexity index is 725. The van der Waals surface area contributed by atoms with Crippen LogP contribution in [0.15, 0.2) is 15.9 Å². The first-order valence-corrected chi connectivity index (χ1v) is 6.38. The molecule has 0 spiro atoms. The molecule has 0 aromatic carbocycles. The lowest BCUT2D eigenvalue weighted by Crippen LogP contribution is -2.33. The lowest BCUT2D eigenvalue weighted by molar-refractivity contribution is 0.394. The Kier molecular flexibility index (Phi) is 3.73. The molecule has 20 heavy (non-hydrogen) atoms. The molecule has 0 radical (unpaired) electrons. The Balaban J connectivity index is 2.55. The molecule has 2 rings (SSSR count). The zero-order valence-electron chi connectivity index (χ0n) is 11.6. The van der Waals surface area contributed by atoms with Gasteiger partial charge in [-0.3, -0.25) is 14.3 Å². The number of aromatic hydroxyl groups is 1. The highest BCUT2D eigenvalue weighted by atomic mass is 16.3. The van der Waals surface area contributed by atoms with Crippen LogP contribution in [-0.4, -0.2) is 29.4 Å². The second-order valence-corrected chi connectivity index (χ2v) is 4.77. The summed E-state index contributed by atoms with van der Waals surface area (Å²) in [5.41, 5.74) is -1.04. The van der Waals surface area contributed by atoms with Gasteiger partial charge in [0.2, 0.25) is 5.88 Å². The summed E-state index contributed by atoms with van der Waals surface area (Å²) in [7, 11) is 0. The van der Waals surface area contributed by atoms with Crippen LogP contribution < -0.4 is 11.2 Å². The number of nitrogens with zero attached hydrogens (tertiary/aromatic N) is 4. The lowest BCUT2D eigenvalue weighted by atomic mass is 10.1. The highest BCUT2D eigenvalue weighted by molar-refractivity contribution is 5.26. The fourth-order valence-corrected chi connectivity index (χ4v) is 2.05. The summed E-state index contributed by atoms with van der Waals surface area (Å²) in [5, 5.41) is 17.8. The molecule has 0 saturated carbocycles. The number of H-pyrrole nitrogens is 1. The summed E-state index contributed by atoms with van der Waals surface area (Å²) in [6.07, 6.45) is 1.55. The molecule has 0 bridgehead atoms. The van der Waals surface area contributed by atoms with Gasteiger partial charge in [-0.1, -0.05) is 13.8 Å². The third-order valence-electron chi connectivity index (χ3n) is 3.12. The van der Waals surface area contributed by atoms with Crippen molar-refractivity contribution in [1.29, 1.82) is 0 Å². The molecule has 8 heteroatoms. The average molecular weight is 279 g/mol. The van der Waals surface area contributed by atoms with Crippen molar-refractivity contribution in [2.45, 2.75) is 39.8 Å². The number of aromatic amines is 1. The van der Waals surface area contributed by atoms with Gasteiger partial charge in [-0.05, 0) is 12.8 Å². The third-order valence-corrected chi connectivity index (χ3v) is 3.12. The second-order valence-electron chi connectivity index (χ2n) is 4.77. The molecule has 0 fully saturated rings. The molecule has 2 heterocycles. The number of aryl methyl sites for hydroxylation is 1. The van der Waals surface area contributed by atoms with Crippen molar-refractivity contribution in [2.24, 2.45) is 0 Å². The van der Waals surface area contributed by atoms with E-state index in [-0.39, 0.29) is 23.9 Å². The van der Waals surface area contributed by atoms with E-state index in [2.05, 4.69) is 15.2 Å². The van der Waals surface area contributed by atoms with Crippen LogP contribution >= 0.6 is 0 Å². The largest absolute Gasteiger partial charge is 0.494 e. The molecular weight excluding hydrogens is 262 g/mol. The SMILES string of the molecule is CCn1cnnc1Cn1c(O)c(C(C)C)c(=O)[nH]c1=O. The maximum Gasteiger partial charge on any atom is 0.331 e. The number of hydrogen-bond acceptors (Lipinski definition) is 5. The van der Waals surface area contributed by atoms with Crippen molar-refractivity contribution in [1.82, 2.24) is 24.3 Å². The molecule has 2 aromatic rings. The van der Waals surface area contributed by atoms with Crippen molar-refractivity contribution in [3.05, 3.63) is 38.6 Å². The van der Waals surface area contributed by atoms with Gasteiger partial charge < -0.3 is 9.67 Å². The highest BCUT2D eigenvalue weighted by Crippen LogP contribution is 2.19. The molecule has 108 valence electrons.